The molecule has 0 spiro atoms. The summed E-state index contributed by atoms with van der Waals surface area (Å²) in [5.74, 6) is 0.937. The summed E-state index contributed by atoms with van der Waals surface area (Å²) in [5.41, 5.74) is 2.21. The van der Waals surface area contributed by atoms with Crippen molar-refractivity contribution in [3.05, 3.63) is 66.2 Å². The van der Waals surface area contributed by atoms with Gasteiger partial charge in [0.25, 0.3) is 0 Å². The standard InChI is InChI=1S/C20H22N2O2/c1-24-19-10-8-18(9-11-19)21-13-15-22(16-14-21)20(23)12-7-17-5-3-2-4-6-17/h2-12H,13-16H2,1H3. The van der Waals surface area contributed by atoms with E-state index in [1.54, 1.807) is 13.2 Å². The van der Waals surface area contributed by atoms with Gasteiger partial charge in [-0.2, -0.15) is 0 Å². The molecule has 1 amide bonds. The maximum Gasteiger partial charge on any atom is 0.246 e. The molecule has 1 heterocycles. The number of piperazine rings is 1. The number of amides is 1. The highest BCUT2D eigenvalue weighted by Crippen LogP contribution is 2.20. The SMILES string of the molecule is COc1ccc(N2CCN(C(=O)C=Cc3ccccc3)CC2)cc1. The van der Waals surface area contributed by atoms with Crippen molar-refractivity contribution in [2.75, 3.05) is 38.2 Å². The minimum atomic E-state index is 0.0771. The molecule has 0 aliphatic carbocycles. The molecule has 4 heteroatoms. The molecule has 1 aliphatic rings. The minimum absolute atomic E-state index is 0.0771. The van der Waals surface area contributed by atoms with Gasteiger partial charge in [0.05, 0.1) is 7.11 Å². The Balaban J connectivity index is 1.54. The number of carbonyl (C=O) groups excluding carboxylic acids is 1. The molecule has 0 N–H and O–H groups in total. The van der Waals surface area contributed by atoms with Crippen molar-refractivity contribution in [3.8, 4) is 5.75 Å². The summed E-state index contributed by atoms with van der Waals surface area (Å²) < 4.78 is 5.19. The molecule has 0 saturated carbocycles. The first-order chi connectivity index (χ1) is 11.8. The van der Waals surface area contributed by atoms with Crippen LogP contribution in [0, 0.1) is 0 Å². The maximum absolute atomic E-state index is 12.3. The number of hydrogen-bond acceptors (Lipinski definition) is 3. The fraction of sp³-hybridized carbons (Fsp3) is 0.250. The van der Waals surface area contributed by atoms with E-state index in [1.165, 1.54) is 5.69 Å². The third-order valence-corrected chi connectivity index (χ3v) is 4.25. The fourth-order valence-corrected chi connectivity index (χ4v) is 2.82. The number of anilines is 1. The predicted molar refractivity (Wildman–Crippen MR) is 97.3 cm³/mol. The van der Waals surface area contributed by atoms with Gasteiger partial charge in [-0.05, 0) is 35.9 Å². The third-order valence-electron chi connectivity index (χ3n) is 4.25. The van der Waals surface area contributed by atoms with Gasteiger partial charge in [0.2, 0.25) is 5.91 Å². The smallest absolute Gasteiger partial charge is 0.246 e. The van der Waals surface area contributed by atoms with Gasteiger partial charge in [-0.1, -0.05) is 30.3 Å². The zero-order valence-electron chi connectivity index (χ0n) is 13.9. The number of methoxy groups -OCH3 is 1. The van der Waals surface area contributed by atoms with Crippen LogP contribution < -0.4 is 9.64 Å². The topological polar surface area (TPSA) is 32.8 Å². The van der Waals surface area contributed by atoms with Crippen molar-refractivity contribution < 1.29 is 9.53 Å². The second-order valence-corrected chi connectivity index (χ2v) is 5.75. The van der Waals surface area contributed by atoms with Crippen LogP contribution in [0.25, 0.3) is 6.08 Å². The Hall–Kier alpha value is -2.75. The molecule has 0 aromatic heterocycles. The Morgan fingerprint density at radius 2 is 1.62 bits per heavy atom. The van der Waals surface area contributed by atoms with E-state index in [-0.39, 0.29) is 5.91 Å². The average Bonchev–Trinajstić information content (AvgIpc) is 2.67. The first kappa shape index (κ1) is 16.1. The molecule has 2 aromatic carbocycles. The molecule has 0 unspecified atom stereocenters. The summed E-state index contributed by atoms with van der Waals surface area (Å²) in [7, 11) is 1.67. The lowest BCUT2D eigenvalue weighted by molar-refractivity contribution is -0.126. The summed E-state index contributed by atoms with van der Waals surface area (Å²) in [6, 6.07) is 18.0. The van der Waals surface area contributed by atoms with Gasteiger partial charge >= 0.3 is 0 Å². The van der Waals surface area contributed by atoms with Gasteiger partial charge in [-0.25, -0.2) is 0 Å². The second-order valence-electron chi connectivity index (χ2n) is 5.75. The van der Waals surface area contributed by atoms with Crippen LogP contribution in [0.4, 0.5) is 5.69 Å². The van der Waals surface area contributed by atoms with Crippen LogP contribution in [-0.2, 0) is 4.79 Å². The molecule has 0 bridgehead atoms. The van der Waals surface area contributed by atoms with Crippen molar-refractivity contribution in [2.24, 2.45) is 0 Å². The zero-order chi connectivity index (χ0) is 16.8. The monoisotopic (exact) mass is 322 g/mol. The number of carbonyl (C=O) groups is 1. The van der Waals surface area contributed by atoms with Gasteiger partial charge < -0.3 is 14.5 Å². The quantitative estimate of drug-likeness (QED) is 0.811. The van der Waals surface area contributed by atoms with Crippen LogP contribution in [0.2, 0.25) is 0 Å². The van der Waals surface area contributed by atoms with Gasteiger partial charge in [-0.15, -0.1) is 0 Å². The normalized spacial score (nSPS) is 14.9. The van der Waals surface area contributed by atoms with Gasteiger partial charge in [-0.3, -0.25) is 4.79 Å². The van der Waals surface area contributed by atoms with Crippen molar-refractivity contribution in [3.63, 3.8) is 0 Å². The van der Waals surface area contributed by atoms with E-state index in [0.717, 1.165) is 37.5 Å². The molecule has 1 aliphatic heterocycles. The van der Waals surface area contributed by atoms with Crippen molar-refractivity contribution >= 4 is 17.7 Å². The minimum Gasteiger partial charge on any atom is -0.497 e. The van der Waals surface area contributed by atoms with Crippen LogP contribution in [0.1, 0.15) is 5.56 Å². The number of benzene rings is 2. The van der Waals surface area contributed by atoms with Crippen LogP contribution in [0.5, 0.6) is 5.75 Å². The van der Waals surface area contributed by atoms with Crippen LogP contribution in [0.15, 0.2) is 60.7 Å². The third kappa shape index (κ3) is 3.96. The second kappa shape index (κ2) is 7.68. The Morgan fingerprint density at radius 3 is 2.25 bits per heavy atom. The summed E-state index contributed by atoms with van der Waals surface area (Å²) in [5, 5.41) is 0. The van der Waals surface area contributed by atoms with Crippen LogP contribution in [-0.4, -0.2) is 44.1 Å². The molecule has 3 rings (SSSR count). The Bertz CT molecular complexity index is 687. The first-order valence-electron chi connectivity index (χ1n) is 8.17. The molecular weight excluding hydrogens is 300 g/mol. The van der Waals surface area contributed by atoms with Crippen LogP contribution >= 0.6 is 0 Å². The molecule has 1 fully saturated rings. The highest BCUT2D eigenvalue weighted by Gasteiger charge is 2.19. The van der Waals surface area contributed by atoms with E-state index in [1.807, 2.05) is 53.4 Å². The van der Waals surface area contributed by atoms with Crippen molar-refractivity contribution in [1.82, 2.24) is 4.90 Å². The molecular formula is C20H22N2O2. The molecule has 124 valence electrons. The predicted octanol–water partition coefficient (Wildman–Crippen LogP) is 3.06. The van der Waals surface area contributed by atoms with E-state index >= 15 is 0 Å². The lowest BCUT2D eigenvalue weighted by atomic mass is 10.2. The van der Waals surface area contributed by atoms with E-state index in [9.17, 15) is 4.79 Å². The summed E-state index contributed by atoms with van der Waals surface area (Å²) in [6.07, 6.45) is 3.54. The van der Waals surface area contributed by atoms with E-state index < -0.39 is 0 Å². The molecule has 24 heavy (non-hydrogen) atoms. The summed E-state index contributed by atoms with van der Waals surface area (Å²) in [4.78, 5) is 16.5. The Labute approximate surface area is 143 Å². The van der Waals surface area contributed by atoms with Gasteiger partial charge in [0, 0.05) is 37.9 Å². The largest absolute Gasteiger partial charge is 0.497 e. The van der Waals surface area contributed by atoms with E-state index in [0.29, 0.717) is 0 Å². The van der Waals surface area contributed by atoms with Crippen molar-refractivity contribution in [1.29, 1.82) is 0 Å². The summed E-state index contributed by atoms with van der Waals surface area (Å²) in [6.45, 7) is 3.17. The molecule has 0 radical (unpaired) electrons. The maximum atomic E-state index is 12.3. The highest BCUT2D eigenvalue weighted by molar-refractivity contribution is 5.91. The number of hydrogen-bond donors (Lipinski definition) is 0. The van der Waals surface area contributed by atoms with Crippen molar-refractivity contribution in [2.45, 2.75) is 0 Å². The number of nitrogens with zero attached hydrogens (tertiary/aromatic N) is 2. The fourth-order valence-electron chi connectivity index (χ4n) is 2.82. The lowest BCUT2D eigenvalue weighted by Gasteiger charge is -2.35. The lowest BCUT2D eigenvalue weighted by Crippen LogP contribution is -2.48. The molecule has 2 aromatic rings. The Kier molecular flexibility index (Phi) is 5.16. The van der Waals surface area contributed by atoms with E-state index in [4.69, 9.17) is 4.74 Å². The molecule has 4 nitrogen and oxygen atoms in total. The molecule has 0 atom stereocenters. The van der Waals surface area contributed by atoms with E-state index in [2.05, 4.69) is 17.0 Å². The zero-order valence-corrected chi connectivity index (χ0v) is 13.9. The van der Waals surface area contributed by atoms with Crippen LogP contribution in [0.3, 0.4) is 0 Å². The average molecular weight is 322 g/mol. The molecule has 1 saturated heterocycles. The number of ether oxygens (including phenoxy) is 1. The Morgan fingerprint density at radius 1 is 0.958 bits per heavy atom. The highest BCUT2D eigenvalue weighted by atomic mass is 16.5. The van der Waals surface area contributed by atoms with Gasteiger partial charge in [0.15, 0.2) is 0 Å². The number of rotatable bonds is 4. The van der Waals surface area contributed by atoms with Gasteiger partial charge in [0.1, 0.15) is 5.75 Å². The first-order valence-corrected chi connectivity index (χ1v) is 8.17. The summed E-state index contributed by atoms with van der Waals surface area (Å²) >= 11 is 0.